The molecule has 0 aliphatic heterocycles. The lowest BCUT2D eigenvalue weighted by atomic mass is 10.3. The average molecular weight is 263 g/mol. The Kier molecular flexibility index (Phi) is 4.21. The molecule has 0 spiro atoms. The highest BCUT2D eigenvalue weighted by Gasteiger charge is 2.27. The zero-order chi connectivity index (χ0) is 13.1. The third-order valence-corrected chi connectivity index (χ3v) is 3.56. The van der Waals surface area contributed by atoms with Crippen molar-refractivity contribution in [1.29, 1.82) is 0 Å². The van der Waals surface area contributed by atoms with E-state index in [1.807, 2.05) is 4.72 Å². The van der Waals surface area contributed by atoms with Crippen molar-refractivity contribution >= 4 is 16.0 Å². The molecule has 2 N–H and O–H groups in total. The number of rotatable bonds is 5. The van der Waals surface area contributed by atoms with Crippen molar-refractivity contribution in [2.75, 3.05) is 13.7 Å². The van der Waals surface area contributed by atoms with Gasteiger partial charge in [-0.1, -0.05) is 0 Å². The number of nitrogens with zero attached hydrogens (tertiary/aromatic N) is 2. The summed E-state index contributed by atoms with van der Waals surface area (Å²) < 4.78 is 31.1. The van der Waals surface area contributed by atoms with Crippen LogP contribution in [0.2, 0.25) is 0 Å². The van der Waals surface area contributed by atoms with Crippen LogP contribution in [0, 0.1) is 0 Å². The monoisotopic (exact) mass is 263 g/mol. The van der Waals surface area contributed by atoms with Gasteiger partial charge in [0.25, 0.3) is 10.0 Å². The van der Waals surface area contributed by atoms with E-state index in [1.54, 1.807) is 0 Å². The minimum atomic E-state index is -3.92. The number of hydrogen-bond donors (Lipinski definition) is 2. The first-order valence-corrected chi connectivity index (χ1v) is 6.09. The van der Waals surface area contributed by atoms with Crippen LogP contribution in [-0.4, -0.2) is 49.0 Å². The number of ether oxygens (including phenoxy) is 1. The number of nitrogens with one attached hydrogen (secondary N) is 1. The maximum absolute atomic E-state index is 11.8. The number of carbonyl (C=O) groups excluding carboxylic acids is 1. The molecule has 1 rings (SSSR count). The number of sulfonamides is 1. The quantitative estimate of drug-likeness (QED) is 0.608. The summed E-state index contributed by atoms with van der Waals surface area (Å²) >= 11 is 0. The maximum atomic E-state index is 11.8. The minimum Gasteiger partial charge on any atom is -0.468 e. The van der Waals surface area contributed by atoms with Crippen LogP contribution >= 0.6 is 0 Å². The average Bonchev–Trinajstić information content (AvgIpc) is 2.72. The molecule has 96 valence electrons. The van der Waals surface area contributed by atoms with Crippen LogP contribution in [0.25, 0.3) is 0 Å². The van der Waals surface area contributed by atoms with Crippen LogP contribution in [0.5, 0.6) is 0 Å². The first-order chi connectivity index (χ1) is 7.92. The van der Waals surface area contributed by atoms with Gasteiger partial charge in [0.05, 0.1) is 19.9 Å². The van der Waals surface area contributed by atoms with Gasteiger partial charge in [-0.05, 0) is 6.07 Å². The molecule has 9 heteroatoms. The third kappa shape index (κ3) is 3.02. The summed E-state index contributed by atoms with van der Waals surface area (Å²) in [7, 11) is -1.38. The number of hydrogen-bond acceptors (Lipinski definition) is 6. The molecule has 1 unspecified atom stereocenters. The van der Waals surface area contributed by atoms with Crippen molar-refractivity contribution in [3.05, 3.63) is 12.3 Å². The van der Waals surface area contributed by atoms with Crippen LogP contribution in [0.1, 0.15) is 0 Å². The first kappa shape index (κ1) is 13.6. The Labute approximate surface area is 98.2 Å². The number of aryl methyl sites for hydroxylation is 1. The largest absolute Gasteiger partial charge is 0.468 e. The molecule has 0 aliphatic rings. The molecule has 0 radical (unpaired) electrons. The zero-order valence-electron chi connectivity index (χ0n) is 9.32. The van der Waals surface area contributed by atoms with E-state index in [9.17, 15) is 13.2 Å². The number of carbonyl (C=O) groups is 1. The normalized spacial score (nSPS) is 13.4. The summed E-state index contributed by atoms with van der Waals surface area (Å²) in [6.45, 7) is -0.691. The first-order valence-electron chi connectivity index (χ1n) is 4.61. The number of methoxy groups -OCH3 is 1. The highest BCUT2D eigenvalue weighted by molar-refractivity contribution is 7.89. The Morgan fingerprint density at radius 1 is 1.71 bits per heavy atom. The molecular weight excluding hydrogens is 250 g/mol. The van der Waals surface area contributed by atoms with Gasteiger partial charge in [0.1, 0.15) is 6.04 Å². The van der Waals surface area contributed by atoms with Crippen molar-refractivity contribution in [1.82, 2.24) is 14.5 Å². The van der Waals surface area contributed by atoms with E-state index >= 15 is 0 Å². The van der Waals surface area contributed by atoms with Gasteiger partial charge in [-0.25, -0.2) is 8.42 Å². The van der Waals surface area contributed by atoms with Gasteiger partial charge in [-0.3, -0.25) is 9.48 Å². The molecule has 0 aromatic carbocycles. The van der Waals surface area contributed by atoms with Crippen LogP contribution in [0.3, 0.4) is 0 Å². The molecule has 0 saturated carbocycles. The second kappa shape index (κ2) is 5.25. The van der Waals surface area contributed by atoms with E-state index in [0.717, 1.165) is 11.8 Å². The predicted octanol–water partition coefficient (Wildman–Crippen LogP) is -1.77. The summed E-state index contributed by atoms with van der Waals surface area (Å²) in [6.07, 6.45) is 1.31. The number of esters is 1. The SMILES string of the molecule is COC(=O)C(CO)NS(=O)(=O)c1ccnn1C. The second-order valence-corrected chi connectivity index (χ2v) is 4.83. The van der Waals surface area contributed by atoms with Crippen molar-refractivity contribution in [3.8, 4) is 0 Å². The molecule has 1 atom stereocenters. The molecule has 1 heterocycles. The fourth-order valence-electron chi connectivity index (χ4n) is 1.18. The van der Waals surface area contributed by atoms with E-state index in [0.29, 0.717) is 0 Å². The Balaban J connectivity index is 2.94. The van der Waals surface area contributed by atoms with E-state index < -0.39 is 28.6 Å². The highest BCUT2D eigenvalue weighted by Crippen LogP contribution is 2.07. The highest BCUT2D eigenvalue weighted by atomic mass is 32.2. The van der Waals surface area contributed by atoms with Crippen LogP contribution in [0.15, 0.2) is 17.3 Å². The van der Waals surface area contributed by atoms with Crippen LogP contribution in [0.4, 0.5) is 0 Å². The van der Waals surface area contributed by atoms with Gasteiger partial charge >= 0.3 is 5.97 Å². The topological polar surface area (TPSA) is 111 Å². The smallest absolute Gasteiger partial charge is 0.326 e. The predicted molar refractivity (Wildman–Crippen MR) is 56.4 cm³/mol. The summed E-state index contributed by atoms with van der Waals surface area (Å²) in [6, 6.07) is -0.0616. The molecule has 0 bridgehead atoms. The molecule has 0 saturated heterocycles. The van der Waals surface area contributed by atoms with Gasteiger partial charge in [-0.2, -0.15) is 9.82 Å². The fourth-order valence-corrected chi connectivity index (χ4v) is 2.48. The van der Waals surface area contributed by atoms with Gasteiger partial charge in [0, 0.05) is 7.05 Å². The lowest BCUT2D eigenvalue weighted by molar-refractivity contribution is -0.143. The summed E-state index contributed by atoms with van der Waals surface area (Å²) in [5.41, 5.74) is 0. The van der Waals surface area contributed by atoms with E-state index in [1.165, 1.54) is 19.3 Å². The summed E-state index contributed by atoms with van der Waals surface area (Å²) in [5.74, 6) is -0.863. The fraction of sp³-hybridized carbons (Fsp3) is 0.500. The van der Waals surface area contributed by atoms with E-state index in [-0.39, 0.29) is 5.03 Å². The number of aromatic nitrogens is 2. The Morgan fingerprint density at radius 2 is 2.35 bits per heavy atom. The Morgan fingerprint density at radius 3 is 2.76 bits per heavy atom. The maximum Gasteiger partial charge on any atom is 0.326 e. The van der Waals surface area contributed by atoms with Gasteiger partial charge < -0.3 is 9.84 Å². The minimum absolute atomic E-state index is 0.111. The molecule has 1 aromatic rings. The zero-order valence-corrected chi connectivity index (χ0v) is 10.1. The lowest BCUT2D eigenvalue weighted by Gasteiger charge is -2.13. The number of aliphatic hydroxyl groups is 1. The molecular formula is C8H13N3O5S. The van der Waals surface area contributed by atoms with Gasteiger partial charge in [-0.15, -0.1) is 0 Å². The van der Waals surface area contributed by atoms with Crippen molar-refractivity contribution in [2.24, 2.45) is 7.05 Å². The Hall–Kier alpha value is -1.45. The standard InChI is InChI=1S/C8H13N3O5S/c1-11-7(3-4-9-11)17(14,15)10-6(5-12)8(13)16-2/h3-4,6,10,12H,5H2,1-2H3. The molecule has 0 aliphatic carbocycles. The van der Waals surface area contributed by atoms with Crippen LogP contribution in [-0.2, 0) is 26.6 Å². The number of aliphatic hydroxyl groups excluding tert-OH is 1. The molecule has 17 heavy (non-hydrogen) atoms. The van der Waals surface area contributed by atoms with E-state index in [2.05, 4.69) is 9.84 Å². The molecule has 0 fully saturated rings. The van der Waals surface area contributed by atoms with Crippen molar-refractivity contribution in [3.63, 3.8) is 0 Å². The van der Waals surface area contributed by atoms with E-state index in [4.69, 9.17) is 5.11 Å². The Bertz CT molecular complexity index is 495. The van der Waals surface area contributed by atoms with Gasteiger partial charge in [0.2, 0.25) is 0 Å². The third-order valence-electron chi connectivity index (χ3n) is 2.02. The second-order valence-electron chi connectivity index (χ2n) is 3.17. The summed E-state index contributed by atoms with van der Waals surface area (Å²) in [4.78, 5) is 11.1. The van der Waals surface area contributed by atoms with Crippen LogP contribution < -0.4 is 4.72 Å². The lowest BCUT2D eigenvalue weighted by Crippen LogP contribution is -2.44. The summed E-state index contributed by atoms with van der Waals surface area (Å²) in [5, 5.41) is 12.5. The molecule has 1 aromatic heterocycles. The van der Waals surface area contributed by atoms with Crippen molar-refractivity contribution < 1.29 is 23.1 Å². The van der Waals surface area contributed by atoms with Gasteiger partial charge in [0.15, 0.2) is 5.03 Å². The molecule has 0 amide bonds. The van der Waals surface area contributed by atoms with Crippen molar-refractivity contribution in [2.45, 2.75) is 11.1 Å². The molecule has 8 nitrogen and oxygen atoms in total.